The molecular weight excluding hydrogens is 508 g/mol. The maximum atomic E-state index is 12.6. The van der Waals surface area contributed by atoms with E-state index in [1.807, 2.05) is 44.6 Å². The highest BCUT2D eigenvalue weighted by molar-refractivity contribution is 5.94. The molecule has 5 aromatic rings. The summed E-state index contributed by atoms with van der Waals surface area (Å²) in [5, 5.41) is 19.2. The number of carbonyl (C=O) groups is 1. The van der Waals surface area contributed by atoms with Gasteiger partial charge in [0.2, 0.25) is 0 Å². The van der Waals surface area contributed by atoms with E-state index in [0.717, 1.165) is 33.5 Å². The van der Waals surface area contributed by atoms with Gasteiger partial charge in [0.25, 0.3) is 5.56 Å². The van der Waals surface area contributed by atoms with Crippen molar-refractivity contribution >= 4 is 22.6 Å². The van der Waals surface area contributed by atoms with E-state index >= 15 is 0 Å². The SMILES string of the molecule is [C-]#[N+]c1ccc(-c2cnn(C)c2)cc1-c1c(-c2ccc3c(=O)[nH]nc(CNC(=O)OC(C)(C)C)c3c2)cnn1C. The zero-order valence-corrected chi connectivity index (χ0v) is 22.8. The highest BCUT2D eigenvalue weighted by Gasteiger charge is 2.20. The first-order valence-electron chi connectivity index (χ1n) is 12.6. The van der Waals surface area contributed by atoms with Gasteiger partial charge in [-0.25, -0.2) is 14.7 Å². The summed E-state index contributed by atoms with van der Waals surface area (Å²) in [5.74, 6) is 0. The predicted molar refractivity (Wildman–Crippen MR) is 152 cm³/mol. The monoisotopic (exact) mass is 536 g/mol. The summed E-state index contributed by atoms with van der Waals surface area (Å²) in [5.41, 5.74) is 4.88. The molecular formula is C29H28N8O3. The van der Waals surface area contributed by atoms with Crippen molar-refractivity contribution in [2.45, 2.75) is 32.9 Å². The lowest BCUT2D eigenvalue weighted by Gasteiger charge is -2.19. The minimum atomic E-state index is -0.646. The molecule has 0 aliphatic rings. The zero-order valence-electron chi connectivity index (χ0n) is 22.8. The van der Waals surface area contributed by atoms with Crippen molar-refractivity contribution in [2.75, 3.05) is 0 Å². The number of amides is 1. The number of H-pyrrole nitrogens is 1. The van der Waals surface area contributed by atoms with Crippen LogP contribution in [-0.4, -0.2) is 41.5 Å². The van der Waals surface area contributed by atoms with Gasteiger partial charge in [-0.2, -0.15) is 15.3 Å². The van der Waals surface area contributed by atoms with Crippen LogP contribution in [0, 0.1) is 6.57 Å². The summed E-state index contributed by atoms with van der Waals surface area (Å²) in [6.07, 6.45) is 4.85. The molecule has 202 valence electrons. The molecule has 1 amide bonds. The largest absolute Gasteiger partial charge is 0.444 e. The van der Waals surface area contributed by atoms with Crippen molar-refractivity contribution in [2.24, 2.45) is 14.1 Å². The van der Waals surface area contributed by atoms with Gasteiger partial charge in [-0.1, -0.05) is 24.3 Å². The summed E-state index contributed by atoms with van der Waals surface area (Å²) in [6, 6.07) is 11.1. The van der Waals surface area contributed by atoms with E-state index < -0.39 is 11.7 Å². The molecule has 0 saturated heterocycles. The van der Waals surface area contributed by atoms with E-state index in [4.69, 9.17) is 11.3 Å². The molecule has 0 spiro atoms. The van der Waals surface area contributed by atoms with Crippen LogP contribution in [0.1, 0.15) is 26.5 Å². The summed E-state index contributed by atoms with van der Waals surface area (Å²) in [4.78, 5) is 28.6. The minimum absolute atomic E-state index is 0.0561. The molecule has 0 atom stereocenters. The molecule has 3 heterocycles. The van der Waals surface area contributed by atoms with Crippen molar-refractivity contribution in [1.29, 1.82) is 0 Å². The molecule has 11 heteroatoms. The maximum absolute atomic E-state index is 12.6. The van der Waals surface area contributed by atoms with Crippen molar-refractivity contribution < 1.29 is 9.53 Å². The number of nitrogens with one attached hydrogen (secondary N) is 2. The van der Waals surface area contributed by atoms with E-state index in [0.29, 0.717) is 22.2 Å². The molecule has 0 bridgehead atoms. The Morgan fingerprint density at radius 2 is 1.80 bits per heavy atom. The quantitative estimate of drug-likeness (QED) is 0.306. The van der Waals surface area contributed by atoms with Crippen molar-refractivity contribution in [1.82, 2.24) is 35.1 Å². The summed E-state index contributed by atoms with van der Waals surface area (Å²) in [6.45, 7) is 13.2. The fraction of sp³-hybridized carbons (Fsp3) is 0.241. The minimum Gasteiger partial charge on any atom is -0.444 e. The summed E-state index contributed by atoms with van der Waals surface area (Å²) >= 11 is 0. The number of carbonyl (C=O) groups excluding carboxylic acids is 1. The Labute approximate surface area is 230 Å². The third-order valence-corrected chi connectivity index (χ3v) is 6.33. The maximum Gasteiger partial charge on any atom is 0.407 e. The number of hydrogen-bond donors (Lipinski definition) is 2. The first-order chi connectivity index (χ1) is 19.0. The van der Waals surface area contributed by atoms with Crippen LogP contribution in [0.2, 0.25) is 0 Å². The smallest absolute Gasteiger partial charge is 0.407 e. The molecule has 0 aliphatic heterocycles. The number of alkyl carbamates (subject to hydrolysis) is 1. The first-order valence-corrected chi connectivity index (χ1v) is 12.6. The second-order valence-corrected chi connectivity index (χ2v) is 10.4. The zero-order chi connectivity index (χ0) is 28.6. The Hall–Kier alpha value is -5.24. The van der Waals surface area contributed by atoms with Crippen LogP contribution in [0.25, 0.3) is 49.1 Å². The van der Waals surface area contributed by atoms with Gasteiger partial charge in [0, 0.05) is 42.4 Å². The van der Waals surface area contributed by atoms with Crippen LogP contribution >= 0.6 is 0 Å². The van der Waals surface area contributed by atoms with Crippen molar-refractivity contribution in [3.8, 4) is 33.5 Å². The number of aromatic amines is 1. The molecule has 2 N–H and O–H groups in total. The molecule has 0 fully saturated rings. The van der Waals surface area contributed by atoms with Crippen molar-refractivity contribution in [3.63, 3.8) is 0 Å². The van der Waals surface area contributed by atoms with E-state index in [2.05, 4.69) is 30.6 Å². The van der Waals surface area contributed by atoms with Gasteiger partial charge in [0.15, 0.2) is 5.69 Å². The lowest BCUT2D eigenvalue weighted by molar-refractivity contribution is 0.0523. The molecule has 0 saturated carbocycles. The van der Waals surface area contributed by atoms with Gasteiger partial charge in [0.1, 0.15) is 5.60 Å². The normalized spacial score (nSPS) is 11.4. The number of hydrogen-bond acceptors (Lipinski definition) is 6. The molecule has 11 nitrogen and oxygen atoms in total. The van der Waals surface area contributed by atoms with Crippen molar-refractivity contribution in [3.05, 3.63) is 82.5 Å². The first kappa shape index (κ1) is 26.4. The summed E-state index contributed by atoms with van der Waals surface area (Å²) in [7, 11) is 3.68. The molecule has 40 heavy (non-hydrogen) atoms. The Morgan fingerprint density at radius 3 is 2.50 bits per heavy atom. The van der Waals surface area contributed by atoms with E-state index in [9.17, 15) is 9.59 Å². The standard InChI is InChI=1S/C29H28N8O3/c1-29(2,3)40-28(39)31-15-25-21-12-18(7-9-20(21)27(38)35-34-25)23-14-33-37(6)26(23)22-11-17(8-10-24(22)30-4)19-13-32-36(5)16-19/h7-14,16H,15H2,1-3,5-6H3,(H,31,39)(H,35,38). The lowest BCUT2D eigenvalue weighted by atomic mass is 9.96. The van der Waals surface area contributed by atoms with Crippen LogP contribution in [0.4, 0.5) is 10.5 Å². The van der Waals surface area contributed by atoms with E-state index in [1.165, 1.54) is 0 Å². The molecule has 2 aromatic carbocycles. The Kier molecular flexibility index (Phi) is 6.69. The second-order valence-electron chi connectivity index (χ2n) is 10.4. The fourth-order valence-electron chi connectivity index (χ4n) is 4.53. The highest BCUT2D eigenvalue weighted by atomic mass is 16.6. The van der Waals surface area contributed by atoms with Crippen LogP contribution in [0.5, 0.6) is 0 Å². The Morgan fingerprint density at radius 1 is 1.02 bits per heavy atom. The van der Waals surface area contributed by atoms with Crippen LogP contribution in [0.15, 0.2) is 59.8 Å². The van der Waals surface area contributed by atoms with Gasteiger partial charge in [-0.05, 0) is 44.0 Å². The average Bonchev–Trinajstić information content (AvgIpc) is 3.52. The van der Waals surface area contributed by atoms with Crippen LogP contribution in [0.3, 0.4) is 0 Å². The number of benzene rings is 2. The number of nitrogens with zero attached hydrogens (tertiary/aromatic N) is 6. The van der Waals surface area contributed by atoms with Gasteiger partial charge in [-0.15, -0.1) is 0 Å². The Bertz CT molecular complexity index is 1850. The highest BCUT2D eigenvalue weighted by Crippen LogP contribution is 2.40. The predicted octanol–water partition coefficient (Wildman–Crippen LogP) is 4.97. The molecule has 0 aliphatic carbocycles. The van der Waals surface area contributed by atoms with E-state index in [1.54, 1.807) is 54.7 Å². The second kappa shape index (κ2) is 10.1. The number of aromatic nitrogens is 6. The third-order valence-electron chi connectivity index (χ3n) is 6.33. The Balaban J connectivity index is 1.59. The fourth-order valence-corrected chi connectivity index (χ4v) is 4.53. The number of ether oxygens (including phenoxy) is 1. The molecule has 0 radical (unpaired) electrons. The number of aryl methyl sites for hydroxylation is 2. The third kappa shape index (κ3) is 5.19. The van der Waals surface area contributed by atoms with Gasteiger partial charge in [0.05, 0.1) is 42.3 Å². The van der Waals surface area contributed by atoms with Gasteiger partial charge < -0.3 is 10.1 Å². The number of rotatable bonds is 5. The lowest BCUT2D eigenvalue weighted by Crippen LogP contribution is -2.32. The average molecular weight is 537 g/mol. The molecule has 3 aromatic heterocycles. The van der Waals surface area contributed by atoms with E-state index in [-0.39, 0.29) is 12.1 Å². The summed E-state index contributed by atoms with van der Waals surface area (Å²) < 4.78 is 8.79. The molecule has 5 rings (SSSR count). The molecule has 0 unspecified atom stereocenters. The van der Waals surface area contributed by atoms with Gasteiger partial charge in [-0.3, -0.25) is 14.2 Å². The van der Waals surface area contributed by atoms with Crippen LogP contribution in [-0.2, 0) is 25.4 Å². The topological polar surface area (TPSA) is 124 Å². The van der Waals surface area contributed by atoms with Crippen LogP contribution < -0.4 is 10.9 Å². The number of fused-ring (bicyclic) bond motifs is 1. The van der Waals surface area contributed by atoms with Gasteiger partial charge >= 0.3 is 6.09 Å².